The highest BCUT2D eigenvalue weighted by atomic mass is 35.5. The van der Waals surface area contributed by atoms with Gasteiger partial charge in [-0.2, -0.15) is 13.2 Å². The molecule has 1 heterocycles. The van der Waals surface area contributed by atoms with Gasteiger partial charge in [0.25, 0.3) is 10.0 Å². The monoisotopic (exact) mass is 519 g/mol. The summed E-state index contributed by atoms with van der Waals surface area (Å²) in [5.41, 5.74) is 0.275. The topological polar surface area (TPSA) is 114 Å². The highest BCUT2D eigenvalue weighted by Gasteiger charge is 2.43. The molecular formula is C19H14ClF4N5O4S. The molecule has 0 aliphatic carbocycles. The van der Waals surface area contributed by atoms with Crippen molar-refractivity contribution in [3.05, 3.63) is 65.7 Å². The van der Waals surface area contributed by atoms with Gasteiger partial charge in [-0.25, -0.2) is 27.6 Å². The lowest BCUT2D eigenvalue weighted by Crippen LogP contribution is -2.36. The molecule has 0 amide bonds. The maximum atomic E-state index is 14.3. The van der Waals surface area contributed by atoms with E-state index in [4.69, 9.17) is 11.6 Å². The Morgan fingerprint density at radius 2 is 1.65 bits per heavy atom. The van der Waals surface area contributed by atoms with Crippen LogP contribution in [0.3, 0.4) is 0 Å². The zero-order valence-corrected chi connectivity index (χ0v) is 18.5. The van der Waals surface area contributed by atoms with Gasteiger partial charge >= 0.3 is 12.1 Å². The number of aromatic nitrogens is 2. The quantitative estimate of drug-likeness (QED) is 0.349. The van der Waals surface area contributed by atoms with E-state index in [1.54, 1.807) is 24.3 Å². The van der Waals surface area contributed by atoms with Crippen LogP contribution in [0.15, 0.2) is 59.8 Å². The fraction of sp³-hybridized carbons (Fsp3) is 0.105. The number of anilines is 4. The van der Waals surface area contributed by atoms with Crippen LogP contribution in [0.5, 0.6) is 0 Å². The van der Waals surface area contributed by atoms with Crippen molar-refractivity contribution in [1.29, 1.82) is 0 Å². The highest BCUT2D eigenvalue weighted by Crippen LogP contribution is 2.27. The van der Waals surface area contributed by atoms with Gasteiger partial charge in [0, 0.05) is 23.8 Å². The molecule has 0 unspecified atom stereocenters. The molecule has 2 aromatic carbocycles. The van der Waals surface area contributed by atoms with Gasteiger partial charge in [-0.3, -0.25) is 0 Å². The molecule has 0 radical (unpaired) electrons. The summed E-state index contributed by atoms with van der Waals surface area (Å²) in [4.78, 5) is 22.1. The van der Waals surface area contributed by atoms with Crippen LogP contribution in [0.2, 0.25) is 5.02 Å². The molecule has 0 saturated heterocycles. The molecular weight excluding hydrogens is 506 g/mol. The molecule has 9 nitrogen and oxygen atoms in total. The lowest BCUT2D eigenvalue weighted by molar-refractivity contribution is -0.219. The second-order valence-corrected chi connectivity index (χ2v) is 8.85. The SMILES string of the molecule is CN(OC(=O)C(F)(F)F)S(=O)(=O)c1ccc(F)c(Nc2cc(Nc3ccc(Cl)cc3)ncn2)c1. The third-order valence-corrected chi connectivity index (χ3v) is 5.92. The van der Waals surface area contributed by atoms with Gasteiger partial charge in [-0.15, -0.1) is 0 Å². The number of carbonyl (C=O) groups excluding carboxylic acids is 1. The Morgan fingerprint density at radius 3 is 2.26 bits per heavy atom. The first-order chi connectivity index (χ1) is 15.9. The summed E-state index contributed by atoms with van der Waals surface area (Å²) in [5, 5.41) is 6.06. The summed E-state index contributed by atoms with van der Waals surface area (Å²) in [5.74, 6) is -3.25. The van der Waals surface area contributed by atoms with Gasteiger partial charge in [0.1, 0.15) is 23.8 Å². The van der Waals surface area contributed by atoms with E-state index >= 15 is 0 Å². The molecule has 0 bridgehead atoms. The smallest absolute Gasteiger partial charge is 0.345 e. The fourth-order valence-corrected chi connectivity index (χ4v) is 3.54. The van der Waals surface area contributed by atoms with Crippen LogP contribution < -0.4 is 10.6 Å². The number of hydrogen-bond donors (Lipinski definition) is 2. The molecule has 0 aliphatic rings. The van der Waals surface area contributed by atoms with Crippen molar-refractivity contribution in [3.63, 3.8) is 0 Å². The Bertz CT molecular complexity index is 1310. The average molecular weight is 520 g/mol. The number of sulfonamides is 1. The minimum absolute atomic E-state index is 0.0664. The largest absolute Gasteiger partial charge is 0.492 e. The van der Waals surface area contributed by atoms with Crippen molar-refractivity contribution in [1.82, 2.24) is 14.4 Å². The molecule has 180 valence electrons. The van der Waals surface area contributed by atoms with E-state index in [-0.39, 0.29) is 16.0 Å². The van der Waals surface area contributed by atoms with E-state index in [0.717, 1.165) is 24.5 Å². The Labute approximate surface area is 195 Å². The summed E-state index contributed by atoms with van der Waals surface area (Å²) in [6.07, 6.45) is -4.26. The molecule has 0 saturated carbocycles. The molecule has 15 heteroatoms. The third-order valence-electron chi connectivity index (χ3n) is 4.06. The lowest BCUT2D eigenvalue weighted by Gasteiger charge is -2.18. The maximum Gasteiger partial charge on any atom is 0.492 e. The van der Waals surface area contributed by atoms with Crippen LogP contribution in [0.25, 0.3) is 0 Å². The standard InChI is InChI=1S/C19H14ClF4N5O4S/c1-29(33-18(30)19(22,23)24)34(31,32)13-6-7-14(21)15(8-13)28-17-9-16(25-10-26-17)27-12-4-2-11(20)3-5-12/h2-10H,1H3,(H2,25,26,27,28). The number of hydrogen-bond acceptors (Lipinski definition) is 8. The highest BCUT2D eigenvalue weighted by molar-refractivity contribution is 7.89. The molecule has 0 atom stereocenters. The number of carbonyl (C=O) groups is 1. The minimum atomic E-state index is -5.41. The number of hydroxylamine groups is 1. The molecule has 0 aliphatic heterocycles. The molecule has 34 heavy (non-hydrogen) atoms. The predicted octanol–water partition coefficient (Wildman–Crippen LogP) is 4.40. The summed E-state index contributed by atoms with van der Waals surface area (Å²) in [7, 11) is -4.16. The van der Waals surface area contributed by atoms with Crippen LogP contribution in [-0.4, -0.2) is 42.0 Å². The van der Waals surface area contributed by atoms with E-state index in [9.17, 15) is 30.8 Å². The van der Waals surface area contributed by atoms with E-state index in [0.29, 0.717) is 23.6 Å². The lowest BCUT2D eigenvalue weighted by atomic mass is 10.3. The second kappa shape index (κ2) is 9.79. The van der Waals surface area contributed by atoms with E-state index in [1.165, 1.54) is 6.07 Å². The van der Waals surface area contributed by atoms with Crippen LogP contribution >= 0.6 is 11.6 Å². The minimum Gasteiger partial charge on any atom is -0.345 e. The van der Waals surface area contributed by atoms with Gasteiger partial charge in [-0.1, -0.05) is 11.6 Å². The number of halogens is 5. The summed E-state index contributed by atoms with van der Waals surface area (Å²) in [6.45, 7) is 0. The molecule has 1 aromatic heterocycles. The van der Waals surface area contributed by atoms with Crippen LogP contribution in [0.4, 0.5) is 40.6 Å². The zero-order valence-electron chi connectivity index (χ0n) is 17.0. The van der Waals surface area contributed by atoms with Gasteiger partial charge in [0.2, 0.25) is 0 Å². The average Bonchev–Trinajstić information content (AvgIpc) is 2.76. The number of benzene rings is 2. The Hall–Kier alpha value is -3.49. The fourth-order valence-electron chi connectivity index (χ4n) is 2.44. The van der Waals surface area contributed by atoms with Gasteiger partial charge in [-0.05, 0) is 46.9 Å². The first-order valence-corrected chi connectivity index (χ1v) is 10.9. The third kappa shape index (κ3) is 6.09. The zero-order chi connectivity index (χ0) is 25.1. The Balaban J connectivity index is 1.81. The van der Waals surface area contributed by atoms with Crippen LogP contribution in [-0.2, 0) is 19.7 Å². The normalized spacial score (nSPS) is 11.9. The maximum absolute atomic E-state index is 14.3. The molecule has 0 fully saturated rings. The number of rotatable bonds is 7. The van der Waals surface area contributed by atoms with E-state index in [2.05, 4.69) is 25.4 Å². The van der Waals surface area contributed by atoms with Gasteiger partial charge < -0.3 is 15.5 Å². The van der Waals surface area contributed by atoms with Crippen molar-refractivity contribution >= 4 is 50.6 Å². The Morgan fingerprint density at radius 1 is 1.03 bits per heavy atom. The van der Waals surface area contributed by atoms with Crippen molar-refractivity contribution in [3.8, 4) is 0 Å². The first-order valence-electron chi connectivity index (χ1n) is 9.05. The summed E-state index contributed by atoms with van der Waals surface area (Å²) < 4.78 is 76.1. The van der Waals surface area contributed by atoms with Crippen LogP contribution in [0.1, 0.15) is 0 Å². The second-order valence-electron chi connectivity index (χ2n) is 6.48. The molecule has 3 rings (SSSR count). The summed E-state index contributed by atoms with van der Waals surface area (Å²) in [6, 6.07) is 10.4. The van der Waals surface area contributed by atoms with Gasteiger partial charge in [0.05, 0.1) is 10.6 Å². The number of alkyl halides is 3. The van der Waals surface area contributed by atoms with Crippen molar-refractivity contribution in [2.45, 2.75) is 11.1 Å². The van der Waals surface area contributed by atoms with Crippen molar-refractivity contribution in [2.24, 2.45) is 0 Å². The molecule has 2 N–H and O–H groups in total. The molecule has 0 spiro atoms. The van der Waals surface area contributed by atoms with Gasteiger partial charge in [0.15, 0.2) is 0 Å². The Kier molecular flexibility index (Phi) is 7.24. The van der Waals surface area contributed by atoms with Crippen molar-refractivity contribution < 1.29 is 35.6 Å². The van der Waals surface area contributed by atoms with Crippen LogP contribution in [0, 0.1) is 5.82 Å². The number of nitrogens with zero attached hydrogens (tertiary/aromatic N) is 3. The first kappa shape index (κ1) is 25.1. The molecule has 3 aromatic rings. The number of nitrogens with one attached hydrogen (secondary N) is 2. The van der Waals surface area contributed by atoms with Crippen molar-refractivity contribution in [2.75, 3.05) is 17.7 Å². The predicted molar refractivity (Wildman–Crippen MR) is 114 cm³/mol. The summed E-state index contributed by atoms with van der Waals surface area (Å²) >= 11 is 5.83. The van der Waals surface area contributed by atoms with E-state index in [1.807, 2.05) is 0 Å². The van der Waals surface area contributed by atoms with E-state index < -0.39 is 32.9 Å².